The van der Waals surface area contributed by atoms with Crippen molar-refractivity contribution in [3.8, 4) is 0 Å². The van der Waals surface area contributed by atoms with Gasteiger partial charge in [-0.25, -0.2) is 0 Å². The van der Waals surface area contributed by atoms with Crippen molar-refractivity contribution in [2.75, 3.05) is 0 Å². The van der Waals surface area contributed by atoms with E-state index in [4.69, 9.17) is 10.2 Å². The van der Waals surface area contributed by atoms with Gasteiger partial charge in [-0.2, -0.15) is 0 Å². The first-order valence-electron chi connectivity index (χ1n) is 6.09. The van der Waals surface area contributed by atoms with Crippen molar-refractivity contribution in [2.45, 2.75) is 6.04 Å². The Hall–Kier alpha value is -2.39. The van der Waals surface area contributed by atoms with E-state index < -0.39 is 6.04 Å². The maximum Gasteiger partial charge on any atom is 0.219 e. The summed E-state index contributed by atoms with van der Waals surface area (Å²) in [4.78, 5) is 12.3. The van der Waals surface area contributed by atoms with Crippen molar-refractivity contribution in [2.24, 2.45) is 5.73 Å². The molecule has 0 amide bonds. The minimum Gasteiger partial charge on any atom is -0.453 e. The fourth-order valence-electron chi connectivity index (χ4n) is 2.07. The van der Waals surface area contributed by atoms with Crippen molar-refractivity contribution < 1.29 is 9.21 Å². The van der Waals surface area contributed by atoms with E-state index in [0.717, 1.165) is 10.9 Å². The van der Waals surface area contributed by atoms with Crippen LogP contribution in [0.2, 0.25) is 0 Å². The van der Waals surface area contributed by atoms with E-state index in [-0.39, 0.29) is 5.78 Å². The molecule has 0 bridgehead atoms. The third-order valence-corrected chi connectivity index (χ3v) is 3.11. The molecular formula is C16H13NO2. The molecule has 1 atom stereocenters. The van der Waals surface area contributed by atoms with E-state index in [0.29, 0.717) is 11.3 Å². The molecular weight excluding hydrogens is 238 g/mol. The lowest BCUT2D eigenvalue weighted by atomic mass is 10.0. The highest BCUT2D eigenvalue weighted by molar-refractivity contribution is 6.01. The Bertz CT molecular complexity index is 683. The van der Waals surface area contributed by atoms with Crippen molar-refractivity contribution in [3.63, 3.8) is 0 Å². The van der Waals surface area contributed by atoms with Crippen LogP contribution in [0.15, 0.2) is 65.1 Å². The number of benzene rings is 2. The van der Waals surface area contributed by atoms with Gasteiger partial charge in [0.15, 0.2) is 5.76 Å². The molecule has 3 rings (SSSR count). The molecule has 2 N–H and O–H groups in total. The van der Waals surface area contributed by atoms with Crippen molar-refractivity contribution in [1.82, 2.24) is 0 Å². The Labute approximate surface area is 110 Å². The highest BCUT2D eigenvalue weighted by Crippen LogP contribution is 2.23. The number of carbonyl (C=O) groups is 1. The highest BCUT2D eigenvalue weighted by atomic mass is 16.3. The summed E-state index contributed by atoms with van der Waals surface area (Å²) in [7, 11) is 0. The number of nitrogens with two attached hydrogens (primary N) is 1. The number of para-hydroxylation sites is 1. The number of Topliss-reactive ketones (excluding diaryl/α,β-unsaturated/α-hetero) is 1. The smallest absolute Gasteiger partial charge is 0.219 e. The molecule has 0 aliphatic carbocycles. The van der Waals surface area contributed by atoms with Crippen LogP contribution in [0, 0.1) is 0 Å². The molecule has 0 spiro atoms. The van der Waals surface area contributed by atoms with Crippen molar-refractivity contribution in [3.05, 3.63) is 72.0 Å². The van der Waals surface area contributed by atoms with Crippen LogP contribution in [0.5, 0.6) is 0 Å². The van der Waals surface area contributed by atoms with Crippen LogP contribution in [0.4, 0.5) is 0 Å². The zero-order chi connectivity index (χ0) is 13.2. The Morgan fingerprint density at radius 3 is 2.42 bits per heavy atom. The van der Waals surface area contributed by atoms with Crippen LogP contribution in [0.1, 0.15) is 22.2 Å². The van der Waals surface area contributed by atoms with Gasteiger partial charge in [0.05, 0.1) is 6.04 Å². The molecule has 0 aliphatic heterocycles. The third kappa shape index (κ3) is 2.16. The molecule has 19 heavy (non-hydrogen) atoms. The van der Waals surface area contributed by atoms with Crippen LogP contribution in [0.25, 0.3) is 11.0 Å². The van der Waals surface area contributed by atoms with Crippen LogP contribution in [-0.2, 0) is 0 Å². The average Bonchev–Trinajstić information content (AvgIpc) is 2.90. The number of fused-ring (bicyclic) bond motifs is 1. The Morgan fingerprint density at radius 2 is 1.68 bits per heavy atom. The number of hydrogen-bond donors (Lipinski definition) is 1. The Balaban J connectivity index is 1.95. The lowest BCUT2D eigenvalue weighted by molar-refractivity contribution is 0.0936. The summed E-state index contributed by atoms with van der Waals surface area (Å²) < 4.78 is 5.54. The molecule has 3 aromatic rings. The van der Waals surface area contributed by atoms with Crippen molar-refractivity contribution >= 4 is 16.8 Å². The standard InChI is InChI=1S/C16H13NO2/c17-15(11-6-2-1-3-7-11)16(18)14-10-12-8-4-5-9-13(12)19-14/h1-10,15H,17H2. The Kier molecular flexibility index (Phi) is 2.89. The molecule has 2 aromatic carbocycles. The predicted molar refractivity (Wildman–Crippen MR) is 73.9 cm³/mol. The summed E-state index contributed by atoms with van der Waals surface area (Å²) in [6, 6.07) is 17.9. The van der Waals surface area contributed by atoms with Gasteiger partial charge in [0.25, 0.3) is 0 Å². The Morgan fingerprint density at radius 1 is 1.00 bits per heavy atom. The fraction of sp³-hybridized carbons (Fsp3) is 0.0625. The molecule has 94 valence electrons. The molecule has 0 saturated heterocycles. The zero-order valence-electron chi connectivity index (χ0n) is 10.2. The summed E-state index contributed by atoms with van der Waals surface area (Å²) >= 11 is 0. The number of rotatable bonds is 3. The maximum absolute atomic E-state index is 12.3. The second kappa shape index (κ2) is 4.71. The van der Waals surface area contributed by atoms with E-state index >= 15 is 0 Å². The van der Waals surface area contributed by atoms with E-state index in [9.17, 15) is 4.79 Å². The molecule has 1 heterocycles. The lowest BCUT2D eigenvalue weighted by Gasteiger charge is -2.08. The van der Waals surface area contributed by atoms with Crippen LogP contribution in [0.3, 0.4) is 0 Å². The number of hydrogen-bond acceptors (Lipinski definition) is 3. The van der Waals surface area contributed by atoms with Gasteiger partial charge in [0, 0.05) is 5.39 Å². The van der Waals surface area contributed by atoms with Gasteiger partial charge < -0.3 is 10.2 Å². The minimum atomic E-state index is -0.693. The third-order valence-electron chi connectivity index (χ3n) is 3.11. The minimum absolute atomic E-state index is 0.206. The monoisotopic (exact) mass is 251 g/mol. The molecule has 1 unspecified atom stereocenters. The van der Waals surface area contributed by atoms with Gasteiger partial charge in [0.2, 0.25) is 5.78 Å². The van der Waals surface area contributed by atoms with Crippen molar-refractivity contribution in [1.29, 1.82) is 0 Å². The van der Waals surface area contributed by atoms with Gasteiger partial charge in [-0.3, -0.25) is 4.79 Å². The zero-order valence-corrected chi connectivity index (χ0v) is 10.2. The first-order chi connectivity index (χ1) is 9.25. The van der Waals surface area contributed by atoms with Gasteiger partial charge in [0.1, 0.15) is 5.58 Å². The summed E-state index contributed by atoms with van der Waals surface area (Å²) in [5, 5.41) is 0.908. The summed E-state index contributed by atoms with van der Waals surface area (Å²) in [5.41, 5.74) is 7.47. The normalized spacial score (nSPS) is 12.5. The first kappa shape index (κ1) is 11.7. The first-order valence-corrected chi connectivity index (χ1v) is 6.09. The van der Waals surface area contributed by atoms with Gasteiger partial charge in [-0.15, -0.1) is 0 Å². The SMILES string of the molecule is NC(C(=O)c1cc2ccccc2o1)c1ccccc1. The molecule has 0 aliphatic rings. The van der Waals surface area contributed by atoms with Gasteiger partial charge >= 0.3 is 0 Å². The second-order valence-corrected chi connectivity index (χ2v) is 4.40. The van der Waals surface area contributed by atoms with Gasteiger partial charge in [-0.05, 0) is 17.7 Å². The molecule has 3 nitrogen and oxygen atoms in total. The number of ketones is 1. The summed E-state index contributed by atoms with van der Waals surface area (Å²) in [6.45, 7) is 0. The summed E-state index contributed by atoms with van der Waals surface area (Å²) in [6.07, 6.45) is 0. The van der Waals surface area contributed by atoms with E-state index in [1.165, 1.54) is 0 Å². The molecule has 0 fully saturated rings. The van der Waals surface area contributed by atoms with Crippen LogP contribution < -0.4 is 5.73 Å². The quantitative estimate of drug-likeness (QED) is 0.726. The predicted octanol–water partition coefficient (Wildman–Crippen LogP) is 3.32. The second-order valence-electron chi connectivity index (χ2n) is 4.40. The maximum atomic E-state index is 12.3. The van der Waals surface area contributed by atoms with Crippen LogP contribution >= 0.6 is 0 Å². The molecule has 0 saturated carbocycles. The largest absolute Gasteiger partial charge is 0.453 e. The highest BCUT2D eigenvalue weighted by Gasteiger charge is 2.21. The fourth-order valence-corrected chi connectivity index (χ4v) is 2.07. The molecule has 3 heteroatoms. The van der Waals surface area contributed by atoms with Crippen LogP contribution in [-0.4, -0.2) is 5.78 Å². The number of carbonyl (C=O) groups excluding carboxylic acids is 1. The summed E-state index contributed by atoms with van der Waals surface area (Å²) in [5.74, 6) is 0.0972. The topological polar surface area (TPSA) is 56.2 Å². The van der Waals surface area contributed by atoms with E-state index in [1.54, 1.807) is 6.07 Å². The van der Waals surface area contributed by atoms with Gasteiger partial charge in [-0.1, -0.05) is 48.5 Å². The van der Waals surface area contributed by atoms with E-state index in [1.807, 2.05) is 54.6 Å². The molecule has 0 radical (unpaired) electrons. The average molecular weight is 251 g/mol. The lowest BCUT2D eigenvalue weighted by Crippen LogP contribution is -2.20. The number of furan rings is 1. The van der Waals surface area contributed by atoms with E-state index in [2.05, 4.69) is 0 Å². The molecule has 1 aromatic heterocycles.